The number of pyridine rings is 2. The monoisotopic (exact) mass is 231 g/mol. The van der Waals surface area contributed by atoms with Crippen LogP contribution in [-0.4, -0.2) is 22.3 Å². The van der Waals surface area contributed by atoms with Crippen LogP contribution in [0.4, 0.5) is 0 Å². The fourth-order valence-electron chi connectivity index (χ4n) is 1.33. The van der Waals surface area contributed by atoms with Gasteiger partial charge in [-0.05, 0) is 12.1 Å². The maximum absolute atomic E-state index is 5.44. The van der Waals surface area contributed by atoms with Gasteiger partial charge in [0.05, 0.1) is 5.03 Å². The highest BCUT2D eigenvalue weighted by Crippen LogP contribution is 2.20. The van der Waals surface area contributed by atoms with Crippen molar-refractivity contribution in [1.82, 2.24) is 9.97 Å². The normalized spacial score (nSPS) is 10.3. The molecule has 0 aliphatic heterocycles. The van der Waals surface area contributed by atoms with Crippen molar-refractivity contribution in [3.05, 3.63) is 42.9 Å². The molecular weight excluding hydrogens is 218 g/mol. The first kappa shape index (κ1) is 11.1. The number of thioether (sulfide) groups is 1. The average Bonchev–Trinajstić information content (AvgIpc) is 2.38. The summed E-state index contributed by atoms with van der Waals surface area (Å²) < 4.78 is 0. The second kappa shape index (κ2) is 5.63. The number of nitrogens with two attached hydrogens (primary N) is 1. The third-order valence-corrected chi connectivity index (χ3v) is 3.08. The summed E-state index contributed by atoms with van der Waals surface area (Å²) >= 11 is 1.67. The summed E-state index contributed by atoms with van der Waals surface area (Å²) in [6.07, 6.45) is 5.47. The minimum atomic E-state index is 0.677. The van der Waals surface area contributed by atoms with E-state index >= 15 is 0 Å². The van der Waals surface area contributed by atoms with Crippen LogP contribution < -0.4 is 5.73 Å². The van der Waals surface area contributed by atoms with E-state index in [0.717, 1.165) is 21.9 Å². The number of hydrogen-bond donors (Lipinski definition) is 1. The number of rotatable bonds is 4. The van der Waals surface area contributed by atoms with Crippen LogP contribution in [0.25, 0.3) is 11.1 Å². The van der Waals surface area contributed by atoms with Crippen molar-refractivity contribution < 1.29 is 0 Å². The van der Waals surface area contributed by atoms with E-state index in [1.165, 1.54) is 0 Å². The Balaban J connectivity index is 2.13. The zero-order valence-electron chi connectivity index (χ0n) is 8.84. The molecular formula is C12H13N3S. The van der Waals surface area contributed by atoms with Crippen LogP contribution in [0.5, 0.6) is 0 Å². The van der Waals surface area contributed by atoms with Gasteiger partial charge in [-0.1, -0.05) is 12.1 Å². The fourth-order valence-corrected chi connectivity index (χ4v) is 1.95. The van der Waals surface area contributed by atoms with Gasteiger partial charge in [0.15, 0.2) is 0 Å². The molecule has 2 heterocycles. The van der Waals surface area contributed by atoms with Gasteiger partial charge >= 0.3 is 0 Å². The molecule has 0 atom stereocenters. The standard InChI is InChI=1S/C12H13N3S/c13-5-7-16-12-4-3-11(9-15-12)10-2-1-6-14-8-10/h1-4,6,8-9H,5,7,13H2. The Labute approximate surface area is 99.1 Å². The van der Waals surface area contributed by atoms with E-state index in [-0.39, 0.29) is 0 Å². The average molecular weight is 231 g/mol. The summed E-state index contributed by atoms with van der Waals surface area (Å²) in [5.41, 5.74) is 7.62. The molecule has 2 N–H and O–H groups in total. The molecule has 0 fully saturated rings. The maximum Gasteiger partial charge on any atom is 0.0960 e. The summed E-state index contributed by atoms with van der Waals surface area (Å²) in [7, 11) is 0. The third-order valence-electron chi connectivity index (χ3n) is 2.10. The molecule has 4 heteroatoms. The lowest BCUT2D eigenvalue weighted by molar-refractivity contribution is 1.11. The van der Waals surface area contributed by atoms with Gasteiger partial charge in [-0.3, -0.25) is 4.98 Å². The Hall–Kier alpha value is -1.39. The van der Waals surface area contributed by atoms with E-state index in [1.54, 1.807) is 18.0 Å². The maximum atomic E-state index is 5.44. The zero-order valence-corrected chi connectivity index (χ0v) is 9.65. The minimum absolute atomic E-state index is 0.677. The molecule has 2 aromatic rings. The van der Waals surface area contributed by atoms with Gasteiger partial charge in [-0.2, -0.15) is 0 Å². The highest BCUT2D eigenvalue weighted by atomic mass is 32.2. The molecule has 0 spiro atoms. The summed E-state index contributed by atoms with van der Waals surface area (Å²) in [5, 5.41) is 1.01. The molecule has 0 saturated heterocycles. The Morgan fingerprint density at radius 1 is 1.12 bits per heavy atom. The van der Waals surface area contributed by atoms with Gasteiger partial charge in [0.25, 0.3) is 0 Å². The lowest BCUT2D eigenvalue weighted by atomic mass is 10.1. The molecule has 0 aromatic carbocycles. The van der Waals surface area contributed by atoms with E-state index in [0.29, 0.717) is 6.54 Å². The van der Waals surface area contributed by atoms with Crippen LogP contribution in [0, 0.1) is 0 Å². The minimum Gasteiger partial charge on any atom is -0.330 e. The van der Waals surface area contributed by atoms with Crippen LogP contribution in [0.3, 0.4) is 0 Å². The van der Waals surface area contributed by atoms with Gasteiger partial charge < -0.3 is 5.73 Å². The second-order valence-corrected chi connectivity index (χ2v) is 4.38. The highest BCUT2D eigenvalue weighted by molar-refractivity contribution is 7.99. The van der Waals surface area contributed by atoms with Crippen molar-refractivity contribution in [2.45, 2.75) is 5.03 Å². The second-order valence-electron chi connectivity index (χ2n) is 3.26. The van der Waals surface area contributed by atoms with Gasteiger partial charge in [0.2, 0.25) is 0 Å². The first-order valence-electron chi connectivity index (χ1n) is 5.09. The topological polar surface area (TPSA) is 51.8 Å². The summed E-state index contributed by atoms with van der Waals surface area (Å²) in [6, 6.07) is 8.02. The number of hydrogen-bond acceptors (Lipinski definition) is 4. The van der Waals surface area contributed by atoms with Crippen molar-refractivity contribution in [2.24, 2.45) is 5.73 Å². The van der Waals surface area contributed by atoms with E-state index in [1.807, 2.05) is 30.6 Å². The molecule has 2 rings (SSSR count). The molecule has 0 radical (unpaired) electrons. The van der Waals surface area contributed by atoms with Gasteiger partial charge in [-0.25, -0.2) is 4.98 Å². The van der Waals surface area contributed by atoms with E-state index in [2.05, 4.69) is 16.0 Å². The first-order valence-corrected chi connectivity index (χ1v) is 6.08. The fraction of sp³-hybridized carbons (Fsp3) is 0.167. The van der Waals surface area contributed by atoms with Crippen LogP contribution >= 0.6 is 11.8 Å². The molecule has 0 aliphatic rings. The third kappa shape index (κ3) is 2.81. The van der Waals surface area contributed by atoms with Crippen LogP contribution in [-0.2, 0) is 0 Å². The first-order chi connectivity index (χ1) is 7.90. The van der Waals surface area contributed by atoms with Crippen molar-refractivity contribution in [3.63, 3.8) is 0 Å². The molecule has 0 saturated carbocycles. The predicted molar refractivity (Wildman–Crippen MR) is 67.2 cm³/mol. The quantitative estimate of drug-likeness (QED) is 0.820. The predicted octanol–water partition coefficient (Wildman–Crippen LogP) is 2.19. The van der Waals surface area contributed by atoms with E-state index in [4.69, 9.17) is 5.73 Å². The lowest BCUT2D eigenvalue weighted by Gasteiger charge is -2.02. The summed E-state index contributed by atoms with van der Waals surface area (Å²) in [5.74, 6) is 0.902. The largest absolute Gasteiger partial charge is 0.330 e. The molecule has 0 amide bonds. The Morgan fingerprint density at radius 3 is 2.62 bits per heavy atom. The van der Waals surface area contributed by atoms with Crippen LogP contribution in [0.15, 0.2) is 47.9 Å². The smallest absolute Gasteiger partial charge is 0.0960 e. The van der Waals surface area contributed by atoms with Crippen LogP contribution in [0.1, 0.15) is 0 Å². The molecule has 0 aliphatic carbocycles. The molecule has 3 nitrogen and oxygen atoms in total. The van der Waals surface area contributed by atoms with Crippen molar-refractivity contribution >= 4 is 11.8 Å². The lowest BCUT2D eigenvalue weighted by Crippen LogP contribution is -2.01. The van der Waals surface area contributed by atoms with Gasteiger partial charge in [-0.15, -0.1) is 11.8 Å². The van der Waals surface area contributed by atoms with E-state index < -0.39 is 0 Å². The van der Waals surface area contributed by atoms with E-state index in [9.17, 15) is 0 Å². The number of nitrogens with zero attached hydrogens (tertiary/aromatic N) is 2. The SMILES string of the molecule is NCCSc1ccc(-c2cccnc2)cn1. The van der Waals surface area contributed by atoms with Crippen molar-refractivity contribution in [2.75, 3.05) is 12.3 Å². The highest BCUT2D eigenvalue weighted by Gasteiger charge is 1.99. The van der Waals surface area contributed by atoms with Gasteiger partial charge in [0, 0.05) is 42.0 Å². The Kier molecular flexibility index (Phi) is 3.91. The van der Waals surface area contributed by atoms with Crippen LogP contribution in [0.2, 0.25) is 0 Å². The summed E-state index contributed by atoms with van der Waals surface area (Å²) in [6.45, 7) is 0.677. The van der Waals surface area contributed by atoms with Gasteiger partial charge in [0.1, 0.15) is 0 Å². The molecule has 82 valence electrons. The summed E-state index contributed by atoms with van der Waals surface area (Å²) in [4.78, 5) is 8.46. The van der Waals surface area contributed by atoms with Crippen molar-refractivity contribution in [3.8, 4) is 11.1 Å². The molecule has 0 bridgehead atoms. The number of aromatic nitrogens is 2. The zero-order chi connectivity index (χ0) is 11.2. The Morgan fingerprint density at radius 2 is 2.00 bits per heavy atom. The molecule has 16 heavy (non-hydrogen) atoms. The Bertz CT molecular complexity index is 428. The molecule has 2 aromatic heterocycles. The molecule has 0 unspecified atom stereocenters. The van der Waals surface area contributed by atoms with Crippen molar-refractivity contribution in [1.29, 1.82) is 0 Å².